The van der Waals surface area contributed by atoms with Gasteiger partial charge in [-0.3, -0.25) is 9.36 Å². The summed E-state index contributed by atoms with van der Waals surface area (Å²) >= 11 is 8.52. The number of benzene rings is 4. The molecule has 12 heteroatoms. The molecule has 1 aliphatic rings. The lowest BCUT2D eigenvalue weighted by molar-refractivity contribution is -0.139. The van der Waals surface area contributed by atoms with Gasteiger partial charge in [0.15, 0.2) is 27.8 Å². The van der Waals surface area contributed by atoms with Crippen molar-refractivity contribution in [1.82, 2.24) is 4.57 Å². The second-order valence-electron chi connectivity index (χ2n) is 11.0. The van der Waals surface area contributed by atoms with Gasteiger partial charge in [-0.05, 0) is 87.6 Å². The van der Waals surface area contributed by atoms with Gasteiger partial charge in [0.1, 0.15) is 6.61 Å². The minimum atomic E-state index is -0.849. The number of carbonyl (C=O) groups is 1. The first-order valence-corrected chi connectivity index (χ1v) is 17.7. The molecule has 6 rings (SSSR count). The highest BCUT2D eigenvalue weighted by Crippen LogP contribution is 2.41. The lowest BCUT2D eigenvalue weighted by Crippen LogP contribution is -2.40. The van der Waals surface area contributed by atoms with Gasteiger partial charge in [0.05, 0.1) is 54.3 Å². The summed E-state index contributed by atoms with van der Waals surface area (Å²) in [5.74, 6) is 1.43. The summed E-state index contributed by atoms with van der Waals surface area (Å²) < 4.78 is 31.7. The molecule has 0 saturated heterocycles. The van der Waals surface area contributed by atoms with Crippen molar-refractivity contribution in [1.29, 1.82) is 0 Å². The summed E-state index contributed by atoms with van der Waals surface area (Å²) in [6.45, 7) is 3.97. The first-order valence-electron chi connectivity index (χ1n) is 15.3. The second kappa shape index (κ2) is 14.6. The molecule has 1 aliphatic heterocycles. The van der Waals surface area contributed by atoms with E-state index in [-0.39, 0.29) is 17.7 Å². The highest BCUT2D eigenvalue weighted by Gasteiger charge is 2.35. The monoisotopic (exact) mass is 806 g/mol. The number of thiazole rings is 1. The van der Waals surface area contributed by atoms with E-state index in [1.807, 2.05) is 36.4 Å². The molecule has 9 nitrogen and oxygen atoms in total. The van der Waals surface area contributed by atoms with Crippen LogP contribution >= 0.6 is 43.2 Å². The van der Waals surface area contributed by atoms with Crippen molar-refractivity contribution >= 4 is 66.0 Å². The normalized spacial score (nSPS) is 14.3. The van der Waals surface area contributed by atoms with E-state index in [1.165, 1.54) is 30.1 Å². The zero-order valence-electron chi connectivity index (χ0n) is 27.3. The molecule has 0 saturated carbocycles. The molecule has 0 fully saturated rings. The zero-order valence-corrected chi connectivity index (χ0v) is 31.3. The van der Waals surface area contributed by atoms with Crippen LogP contribution in [0.3, 0.4) is 0 Å². The number of nitrogens with zero attached hydrogens (tertiary/aromatic N) is 2. The molecule has 0 unspecified atom stereocenters. The van der Waals surface area contributed by atoms with Gasteiger partial charge < -0.3 is 23.7 Å². The lowest BCUT2D eigenvalue weighted by Gasteiger charge is -2.26. The highest BCUT2D eigenvalue weighted by atomic mass is 79.9. The van der Waals surface area contributed by atoms with Crippen molar-refractivity contribution in [3.05, 3.63) is 123 Å². The molecule has 252 valence electrons. The Labute approximate surface area is 303 Å². The molecule has 0 bridgehead atoms. The maximum Gasteiger partial charge on any atom is 0.338 e. The van der Waals surface area contributed by atoms with Crippen molar-refractivity contribution in [3.8, 4) is 23.0 Å². The number of rotatable bonds is 10. The van der Waals surface area contributed by atoms with Crippen LogP contribution in [0.1, 0.15) is 36.6 Å². The Kier molecular flexibility index (Phi) is 10.3. The second-order valence-corrected chi connectivity index (χ2v) is 13.7. The first kappa shape index (κ1) is 34.5. The van der Waals surface area contributed by atoms with Gasteiger partial charge in [0.25, 0.3) is 5.56 Å². The minimum absolute atomic E-state index is 0.165. The summed E-state index contributed by atoms with van der Waals surface area (Å²) in [7, 11) is 4.64. The van der Waals surface area contributed by atoms with Crippen molar-refractivity contribution < 1.29 is 28.5 Å². The predicted molar refractivity (Wildman–Crippen MR) is 197 cm³/mol. The predicted octanol–water partition coefficient (Wildman–Crippen LogP) is 7.08. The van der Waals surface area contributed by atoms with Crippen molar-refractivity contribution in [3.63, 3.8) is 0 Å². The van der Waals surface area contributed by atoms with E-state index in [0.29, 0.717) is 64.7 Å². The van der Waals surface area contributed by atoms with Gasteiger partial charge in [0.2, 0.25) is 0 Å². The summed E-state index contributed by atoms with van der Waals surface area (Å²) in [5, 5.41) is 2.25. The third kappa shape index (κ3) is 6.64. The number of methoxy groups -OCH3 is 3. The standard InChI is InChI=1S/C37H32Br2N2O7S/c1-6-47-36(43)32-20(2)40-37-41(33(32)25-17-28(44-3)29(45-4)18-26(25)38)35(42)31(49-37)16-21-14-27(39)34(30(15-21)46-5)48-19-23-12-9-11-22-10-7-8-13-24(22)23/h7-18,33H,6,19H2,1-5H3/b31-16-/t33-/m1/s1. The smallest absolute Gasteiger partial charge is 0.338 e. The highest BCUT2D eigenvalue weighted by molar-refractivity contribution is 9.10. The fraction of sp³-hybridized carbons (Fsp3) is 0.216. The number of hydrogen-bond donors (Lipinski definition) is 0. The number of hydrogen-bond acceptors (Lipinski definition) is 9. The molecule has 0 spiro atoms. The van der Waals surface area contributed by atoms with E-state index in [4.69, 9.17) is 28.7 Å². The number of allylic oxidation sites excluding steroid dienone is 1. The van der Waals surface area contributed by atoms with E-state index < -0.39 is 12.0 Å². The molecular weight excluding hydrogens is 776 g/mol. The molecule has 1 atom stereocenters. The number of carbonyl (C=O) groups excluding carboxylic acids is 1. The lowest BCUT2D eigenvalue weighted by atomic mass is 9.95. The average molecular weight is 809 g/mol. The summed E-state index contributed by atoms with van der Waals surface area (Å²) in [6, 6.07) is 20.6. The Morgan fingerprint density at radius 1 is 0.939 bits per heavy atom. The van der Waals surface area contributed by atoms with Crippen LogP contribution < -0.4 is 33.8 Å². The molecule has 2 heterocycles. The summed E-state index contributed by atoms with van der Waals surface area (Å²) in [5.41, 5.74) is 2.75. The fourth-order valence-electron chi connectivity index (χ4n) is 5.85. The van der Waals surface area contributed by atoms with E-state index in [9.17, 15) is 9.59 Å². The largest absolute Gasteiger partial charge is 0.493 e. The van der Waals surface area contributed by atoms with E-state index in [1.54, 1.807) is 39.2 Å². The molecular formula is C37H32Br2N2O7S. The average Bonchev–Trinajstić information content (AvgIpc) is 3.40. The molecule has 0 amide bonds. The molecule has 5 aromatic rings. The van der Waals surface area contributed by atoms with Crippen LogP contribution in [0.15, 0.2) is 96.7 Å². The maximum absolute atomic E-state index is 14.3. The van der Waals surface area contributed by atoms with Crippen LogP contribution in [-0.2, 0) is 16.1 Å². The number of ether oxygens (including phenoxy) is 5. The quantitative estimate of drug-likeness (QED) is 0.139. The topological polar surface area (TPSA) is 97.6 Å². The Morgan fingerprint density at radius 3 is 2.39 bits per heavy atom. The number of fused-ring (bicyclic) bond motifs is 2. The maximum atomic E-state index is 14.3. The van der Waals surface area contributed by atoms with Crippen LogP contribution in [-0.4, -0.2) is 38.5 Å². The minimum Gasteiger partial charge on any atom is -0.493 e. The fourth-order valence-corrected chi connectivity index (χ4v) is 8.01. The van der Waals surface area contributed by atoms with Gasteiger partial charge >= 0.3 is 5.97 Å². The zero-order chi connectivity index (χ0) is 34.8. The van der Waals surface area contributed by atoms with Crippen LogP contribution in [0.2, 0.25) is 0 Å². The number of halogens is 2. The van der Waals surface area contributed by atoms with Gasteiger partial charge in [-0.1, -0.05) is 69.7 Å². The molecule has 49 heavy (non-hydrogen) atoms. The summed E-state index contributed by atoms with van der Waals surface area (Å²) in [4.78, 5) is 32.8. The molecule has 0 aliphatic carbocycles. The van der Waals surface area contributed by atoms with Gasteiger partial charge in [-0.15, -0.1) is 0 Å². The van der Waals surface area contributed by atoms with Crippen LogP contribution in [0.5, 0.6) is 23.0 Å². The van der Waals surface area contributed by atoms with Gasteiger partial charge in [0, 0.05) is 4.47 Å². The van der Waals surface area contributed by atoms with Crippen LogP contribution in [0, 0.1) is 0 Å². The molecule has 0 N–H and O–H groups in total. The Balaban J connectivity index is 1.43. The molecule has 1 aromatic heterocycles. The van der Waals surface area contributed by atoms with E-state index in [2.05, 4.69) is 50.1 Å². The molecule has 0 radical (unpaired) electrons. The van der Waals surface area contributed by atoms with Crippen molar-refractivity contribution in [2.75, 3.05) is 27.9 Å². The van der Waals surface area contributed by atoms with Gasteiger partial charge in [-0.25, -0.2) is 9.79 Å². The Hall–Kier alpha value is -4.39. The van der Waals surface area contributed by atoms with Crippen molar-refractivity contribution in [2.24, 2.45) is 4.99 Å². The Morgan fingerprint density at radius 2 is 1.65 bits per heavy atom. The Bertz CT molecular complexity index is 2310. The first-order chi connectivity index (χ1) is 23.7. The SMILES string of the molecule is CCOC(=O)C1=C(C)N=c2s/c(=C\c3cc(Br)c(OCc4cccc5ccccc45)c(OC)c3)c(=O)n2[C@@H]1c1cc(OC)c(OC)cc1Br. The van der Waals surface area contributed by atoms with E-state index in [0.717, 1.165) is 16.3 Å². The van der Waals surface area contributed by atoms with Gasteiger partial charge in [-0.2, -0.15) is 0 Å². The van der Waals surface area contributed by atoms with E-state index >= 15 is 0 Å². The third-order valence-corrected chi connectivity index (χ3v) is 10.4. The number of aromatic nitrogens is 1. The van der Waals surface area contributed by atoms with Crippen molar-refractivity contribution in [2.45, 2.75) is 26.5 Å². The van der Waals surface area contributed by atoms with Crippen LogP contribution in [0.4, 0.5) is 0 Å². The van der Waals surface area contributed by atoms with Crippen LogP contribution in [0.25, 0.3) is 16.8 Å². The molecule has 4 aromatic carbocycles. The summed E-state index contributed by atoms with van der Waals surface area (Å²) in [6.07, 6.45) is 1.77. The third-order valence-electron chi connectivity index (χ3n) is 8.12. The number of esters is 1.